The molecule has 1 unspecified atom stereocenters. The highest BCUT2D eigenvalue weighted by atomic mass is 19.4. The lowest BCUT2D eigenvalue weighted by molar-refractivity contribution is -0.274. The normalized spacial score (nSPS) is 18.9. The molecule has 0 saturated carbocycles. The van der Waals surface area contributed by atoms with E-state index in [1.807, 2.05) is 0 Å². The molecule has 0 aromatic heterocycles. The standard InChI is InChI=1S/C12H12F3N3O3/c13-12(14,15)21-7-1-2-8(16)9(4-7)18-5-6(11(17)20)3-10(18)19/h1-2,4,6H,3,5,16H2,(H2,17,20). The van der Waals surface area contributed by atoms with Gasteiger partial charge in [-0.05, 0) is 12.1 Å². The molecule has 2 amide bonds. The number of ether oxygens (including phenoxy) is 1. The van der Waals surface area contributed by atoms with Crippen LogP contribution in [-0.4, -0.2) is 24.7 Å². The number of carbonyl (C=O) groups is 2. The SMILES string of the molecule is NC(=O)C1CC(=O)N(c2cc(OC(F)(F)F)ccc2N)C1. The van der Waals surface area contributed by atoms with E-state index in [2.05, 4.69) is 4.74 Å². The van der Waals surface area contributed by atoms with Crippen LogP contribution in [0.3, 0.4) is 0 Å². The van der Waals surface area contributed by atoms with Gasteiger partial charge in [-0.1, -0.05) is 0 Å². The van der Waals surface area contributed by atoms with Gasteiger partial charge in [0.1, 0.15) is 5.75 Å². The third-order valence-electron chi connectivity index (χ3n) is 3.05. The molecule has 0 spiro atoms. The zero-order chi connectivity index (χ0) is 15.8. The maximum atomic E-state index is 12.2. The number of hydrogen-bond donors (Lipinski definition) is 2. The van der Waals surface area contributed by atoms with E-state index in [9.17, 15) is 22.8 Å². The zero-order valence-electron chi connectivity index (χ0n) is 10.7. The van der Waals surface area contributed by atoms with E-state index < -0.39 is 29.8 Å². The molecule has 1 fully saturated rings. The second-order valence-corrected chi connectivity index (χ2v) is 4.58. The van der Waals surface area contributed by atoms with E-state index in [-0.39, 0.29) is 24.3 Å². The molecule has 2 rings (SSSR count). The van der Waals surface area contributed by atoms with Gasteiger partial charge in [0.2, 0.25) is 11.8 Å². The Bertz CT molecular complexity index is 589. The zero-order valence-corrected chi connectivity index (χ0v) is 10.7. The Morgan fingerprint density at radius 1 is 1.38 bits per heavy atom. The minimum absolute atomic E-state index is 0.0200. The van der Waals surface area contributed by atoms with Crippen molar-refractivity contribution in [2.75, 3.05) is 17.2 Å². The van der Waals surface area contributed by atoms with Crippen LogP contribution in [0.5, 0.6) is 5.75 Å². The van der Waals surface area contributed by atoms with E-state index in [1.165, 1.54) is 6.07 Å². The summed E-state index contributed by atoms with van der Waals surface area (Å²) in [7, 11) is 0. The maximum absolute atomic E-state index is 12.2. The number of nitrogens with two attached hydrogens (primary N) is 2. The van der Waals surface area contributed by atoms with Crippen molar-refractivity contribution in [3.05, 3.63) is 18.2 Å². The quantitative estimate of drug-likeness (QED) is 0.814. The predicted molar refractivity (Wildman–Crippen MR) is 67.2 cm³/mol. The molecule has 1 aliphatic heterocycles. The van der Waals surface area contributed by atoms with Gasteiger partial charge in [0, 0.05) is 19.0 Å². The minimum Gasteiger partial charge on any atom is -0.406 e. The number of amides is 2. The fourth-order valence-electron chi connectivity index (χ4n) is 2.09. The van der Waals surface area contributed by atoms with Gasteiger partial charge in [0.15, 0.2) is 0 Å². The van der Waals surface area contributed by atoms with E-state index in [0.717, 1.165) is 17.0 Å². The number of anilines is 2. The highest BCUT2D eigenvalue weighted by Crippen LogP contribution is 2.34. The highest BCUT2D eigenvalue weighted by Gasteiger charge is 2.36. The molecule has 1 aliphatic rings. The van der Waals surface area contributed by atoms with Crippen molar-refractivity contribution < 1.29 is 27.5 Å². The van der Waals surface area contributed by atoms with Crippen molar-refractivity contribution in [3.63, 3.8) is 0 Å². The number of hydrogen-bond acceptors (Lipinski definition) is 4. The lowest BCUT2D eigenvalue weighted by atomic mass is 10.1. The summed E-state index contributed by atoms with van der Waals surface area (Å²) >= 11 is 0. The maximum Gasteiger partial charge on any atom is 0.573 e. The number of rotatable bonds is 3. The summed E-state index contributed by atoms with van der Waals surface area (Å²) in [5, 5.41) is 0. The first-order valence-corrected chi connectivity index (χ1v) is 5.92. The Morgan fingerprint density at radius 2 is 2.05 bits per heavy atom. The van der Waals surface area contributed by atoms with Gasteiger partial charge in [-0.2, -0.15) is 0 Å². The Labute approximate surface area is 117 Å². The minimum atomic E-state index is -4.85. The van der Waals surface area contributed by atoms with Crippen LogP contribution in [0.1, 0.15) is 6.42 Å². The van der Waals surface area contributed by atoms with Gasteiger partial charge >= 0.3 is 6.36 Å². The van der Waals surface area contributed by atoms with E-state index >= 15 is 0 Å². The highest BCUT2D eigenvalue weighted by molar-refractivity contribution is 6.02. The molecule has 1 aromatic rings. The Hall–Kier alpha value is -2.45. The monoisotopic (exact) mass is 303 g/mol. The van der Waals surface area contributed by atoms with Crippen molar-refractivity contribution in [2.45, 2.75) is 12.8 Å². The first-order valence-electron chi connectivity index (χ1n) is 5.92. The van der Waals surface area contributed by atoms with Crippen LogP contribution in [0.25, 0.3) is 0 Å². The van der Waals surface area contributed by atoms with Crippen LogP contribution in [0.2, 0.25) is 0 Å². The van der Waals surface area contributed by atoms with E-state index in [4.69, 9.17) is 11.5 Å². The molecule has 0 aliphatic carbocycles. The molecular formula is C12H12F3N3O3. The van der Waals surface area contributed by atoms with Crippen LogP contribution in [0, 0.1) is 5.92 Å². The predicted octanol–water partition coefficient (Wildman–Crippen LogP) is 1.01. The molecule has 0 radical (unpaired) electrons. The van der Waals surface area contributed by atoms with E-state index in [1.54, 1.807) is 0 Å². The van der Waals surface area contributed by atoms with Crippen molar-refractivity contribution in [2.24, 2.45) is 11.7 Å². The average Bonchev–Trinajstić information content (AvgIpc) is 2.72. The molecule has 21 heavy (non-hydrogen) atoms. The molecule has 1 saturated heterocycles. The van der Waals surface area contributed by atoms with Gasteiger partial charge in [-0.15, -0.1) is 13.2 Å². The molecule has 6 nitrogen and oxygen atoms in total. The number of halogens is 3. The number of nitrogen functional groups attached to an aromatic ring is 1. The van der Waals surface area contributed by atoms with Crippen LogP contribution in [0.4, 0.5) is 24.5 Å². The van der Waals surface area contributed by atoms with E-state index in [0.29, 0.717) is 0 Å². The number of benzene rings is 1. The lowest BCUT2D eigenvalue weighted by Crippen LogP contribution is -2.29. The molecule has 1 heterocycles. The van der Waals surface area contributed by atoms with Crippen LogP contribution in [-0.2, 0) is 9.59 Å². The summed E-state index contributed by atoms with van der Waals surface area (Å²) in [6, 6.07) is 3.24. The topological polar surface area (TPSA) is 98.7 Å². The van der Waals surface area contributed by atoms with Crippen molar-refractivity contribution in [1.29, 1.82) is 0 Å². The molecule has 114 valence electrons. The molecule has 1 aromatic carbocycles. The van der Waals surface area contributed by atoms with Crippen LogP contribution < -0.4 is 21.1 Å². The number of nitrogens with zero attached hydrogens (tertiary/aromatic N) is 1. The summed E-state index contributed by atoms with van der Waals surface area (Å²) in [5.74, 6) is -2.27. The third kappa shape index (κ3) is 3.36. The number of alkyl halides is 3. The fraction of sp³-hybridized carbons (Fsp3) is 0.333. The summed E-state index contributed by atoms with van der Waals surface area (Å²) in [4.78, 5) is 24.1. The Kier molecular flexibility index (Phi) is 3.67. The summed E-state index contributed by atoms with van der Waals surface area (Å²) in [6.45, 7) is -0.0200. The van der Waals surface area contributed by atoms with Crippen molar-refractivity contribution >= 4 is 23.2 Å². The molecule has 4 N–H and O–H groups in total. The first kappa shape index (κ1) is 14.9. The van der Waals surface area contributed by atoms with Crippen LogP contribution >= 0.6 is 0 Å². The fourth-order valence-corrected chi connectivity index (χ4v) is 2.09. The lowest BCUT2D eigenvalue weighted by Gasteiger charge is -2.19. The largest absolute Gasteiger partial charge is 0.573 e. The molecular weight excluding hydrogens is 291 g/mol. The van der Waals surface area contributed by atoms with Gasteiger partial charge in [0.25, 0.3) is 0 Å². The second-order valence-electron chi connectivity index (χ2n) is 4.58. The van der Waals surface area contributed by atoms with Crippen molar-refractivity contribution in [3.8, 4) is 5.75 Å². The smallest absolute Gasteiger partial charge is 0.406 e. The molecule has 1 atom stereocenters. The number of carbonyl (C=O) groups excluding carboxylic acids is 2. The Morgan fingerprint density at radius 3 is 2.57 bits per heavy atom. The summed E-state index contributed by atoms with van der Waals surface area (Å²) in [5.41, 5.74) is 11.0. The van der Waals surface area contributed by atoms with Gasteiger partial charge in [-0.25, -0.2) is 0 Å². The first-order chi connectivity index (χ1) is 9.67. The Balaban J connectivity index is 2.29. The second kappa shape index (κ2) is 5.15. The number of primary amides is 1. The summed E-state index contributed by atoms with van der Waals surface area (Å²) in [6.07, 6.45) is -4.95. The van der Waals surface area contributed by atoms with Gasteiger partial charge in [-0.3, -0.25) is 9.59 Å². The molecule has 0 bridgehead atoms. The molecule has 9 heteroatoms. The summed E-state index contributed by atoms with van der Waals surface area (Å²) < 4.78 is 40.4. The average molecular weight is 303 g/mol. The van der Waals surface area contributed by atoms with Crippen molar-refractivity contribution in [1.82, 2.24) is 0 Å². The third-order valence-corrected chi connectivity index (χ3v) is 3.05. The van der Waals surface area contributed by atoms with Gasteiger partial charge < -0.3 is 21.1 Å². The van der Waals surface area contributed by atoms with Crippen LogP contribution in [0.15, 0.2) is 18.2 Å². The van der Waals surface area contributed by atoms with Gasteiger partial charge in [0.05, 0.1) is 17.3 Å².